The maximum Gasteiger partial charge on any atom is 0.260 e. The van der Waals surface area contributed by atoms with E-state index in [2.05, 4.69) is 0 Å². The predicted octanol–water partition coefficient (Wildman–Crippen LogP) is 2.80. The van der Waals surface area contributed by atoms with Crippen LogP contribution in [0.4, 0.5) is 0 Å². The quantitative estimate of drug-likeness (QED) is 0.927. The van der Waals surface area contributed by atoms with E-state index in [1.807, 2.05) is 36.9 Å². The second kappa shape index (κ2) is 7.46. The molecule has 4 nitrogen and oxygen atoms in total. The number of nitrogens with zero attached hydrogens (tertiary/aromatic N) is 1. The van der Waals surface area contributed by atoms with Gasteiger partial charge in [0, 0.05) is 24.7 Å². The molecule has 1 aliphatic rings. The Bertz CT molecular complexity index is 478. The van der Waals surface area contributed by atoms with Crippen LogP contribution in [-0.2, 0) is 4.79 Å². The van der Waals surface area contributed by atoms with Gasteiger partial charge >= 0.3 is 0 Å². The van der Waals surface area contributed by atoms with Crippen LogP contribution < -0.4 is 10.5 Å². The van der Waals surface area contributed by atoms with Gasteiger partial charge in [0.25, 0.3) is 5.91 Å². The van der Waals surface area contributed by atoms with Crippen LogP contribution in [0.5, 0.6) is 5.75 Å². The van der Waals surface area contributed by atoms with Crippen molar-refractivity contribution >= 4 is 5.91 Å². The normalized spacial score (nSPS) is 17.2. The van der Waals surface area contributed by atoms with Gasteiger partial charge in [-0.05, 0) is 38.3 Å². The van der Waals surface area contributed by atoms with Crippen molar-refractivity contribution in [2.24, 2.45) is 5.73 Å². The first-order chi connectivity index (χ1) is 10.1. The lowest BCUT2D eigenvalue weighted by molar-refractivity contribution is -0.133. The van der Waals surface area contributed by atoms with Crippen LogP contribution >= 0.6 is 0 Å². The first-order valence-corrected chi connectivity index (χ1v) is 7.84. The van der Waals surface area contributed by atoms with Crippen LogP contribution in [0, 0.1) is 6.92 Å². The highest BCUT2D eigenvalue weighted by Gasteiger charge is 2.17. The second-order valence-corrected chi connectivity index (χ2v) is 5.91. The first-order valence-electron chi connectivity index (χ1n) is 7.84. The minimum absolute atomic E-state index is 0.0778. The maximum absolute atomic E-state index is 12.3. The minimum Gasteiger partial charge on any atom is -0.483 e. The van der Waals surface area contributed by atoms with E-state index in [9.17, 15) is 4.79 Å². The van der Waals surface area contributed by atoms with Gasteiger partial charge < -0.3 is 15.4 Å². The molecule has 1 fully saturated rings. The van der Waals surface area contributed by atoms with Crippen molar-refractivity contribution in [3.05, 3.63) is 29.3 Å². The average Bonchev–Trinajstić information content (AvgIpc) is 2.73. The fourth-order valence-electron chi connectivity index (χ4n) is 2.69. The fraction of sp³-hybridized carbons (Fsp3) is 0.588. The summed E-state index contributed by atoms with van der Waals surface area (Å²) in [6.45, 7) is 5.75. The average molecular weight is 290 g/mol. The molecule has 21 heavy (non-hydrogen) atoms. The molecule has 1 aromatic carbocycles. The molecule has 0 aromatic heterocycles. The summed E-state index contributed by atoms with van der Waals surface area (Å²) in [7, 11) is 0. The molecule has 1 atom stereocenters. The van der Waals surface area contributed by atoms with Crippen molar-refractivity contribution in [3.8, 4) is 5.75 Å². The largest absolute Gasteiger partial charge is 0.483 e. The number of rotatable bonds is 4. The summed E-state index contributed by atoms with van der Waals surface area (Å²) >= 11 is 0. The fourth-order valence-corrected chi connectivity index (χ4v) is 2.69. The highest BCUT2D eigenvalue weighted by Crippen LogP contribution is 2.25. The molecule has 1 amide bonds. The van der Waals surface area contributed by atoms with Crippen LogP contribution in [0.3, 0.4) is 0 Å². The molecule has 116 valence electrons. The number of carbonyl (C=O) groups is 1. The van der Waals surface area contributed by atoms with Gasteiger partial charge in [0.05, 0.1) is 0 Å². The molecule has 0 aliphatic carbocycles. The zero-order valence-electron chi connectivity index (χ0n) is 13.1. The van der Waals surface area contributed by atoms with Crippen molar-refractivity contribution in [2.75, 3.05) is 19.7 Å². The number of ether oxygens (including phenoxy) is 1. The van der Waals surface area contributed by atoms with E-state index in [4.69, 9.17) is 10.5 Å². The van der Waals surface area contributed by atoms with Crippen LogP contribution in [-0.4, -0.2) is 30.5 Å². The number of benzene rings is 1. The van der Waals surface area contributed by atoms with E-state index in [1.165, 1.54) is 12.8 Å². The number of amides is 1. The molecule has 0 saturated carbocycles. The molecule has 2 N–H and O–H groups in total. The number of likely N-dealkylation sites (tertiary alicyclic amines) is 1. The standard InChI is InChI=1S/C17H26N2O2/c1-13-7-8-15(14(2)18)16(11-13)21-12-17(20)19-9-5-3-4-6-10-19/h7-8,11,14H,3-6,9-10,12,18H2,1-2H3/t14-/m0/s1. The van der Waals surface area contributed by atoms with E-state index in [1.54, 1.807) is 0 Å². The topological polar surface area (TPSA) is 55.6 Å². The van der Waals surface area contributed by atoms with Crippen molar-refractivity contribution in [1.29, 1.82) is 0 Å². The molecule has 0 bridgehead atoms. The molecule has 1 heterocycles. The van der Waals surface area contributed by atoms with Gasteiger partial charge in [0.1, 0.15) is 5.75 Å². The highest BCUT2D eigenvalue weighted by molar-refractivity contribution is 5.77. The Morgan fingerprint density at radius 2 is 1.95 bits per heavy atom. The van der Waals surface area contributed by atoms with E-state index in [0.717, 1.165) is 42.8 Å². The third kappa shape index (κ3) is 4.46. The smallest absolute Gasteiger partial charge is 0.260 e. The second-order valence-electron chi connectivity index (χ2n) is 5.91. The Morgan fingerprint density at radius 3 is 2.57 bits per heavy atom. The van der Waals surface area contributed by atoms with E-state index in [0.29, 0.717) is 0 Å². The Hall–Kier alpha value is -1.55. The number of nitrogens with two attached hydrogens (primary N) is 1. The number of hydrogen-bond acceptors (Lipinski definition) is 3. The first kappa shape index (κ1) is 15.8. The van der Waals surface area contributed by atoms with Crippen LogP contribution in [0.1, 0.15) is 49.8 Å². The molecular weight excluding hydrogens is 264 g/mol. The van der Waals surface area contributed by atoms with Gasteiger partial charge in [-0.1, -0.05) is 25.0 Å². The minimum atomic E-state index is -0.103. The molecular formula is C17H26N2O2. The monoisotopic (exact) mass is 290 g/mol. The van der Waals surface area contributed by atoms with Crippen LogP contribution in [0.25, 0.3) is 0 Å². The molecule has 2 rings (SSSR count). The third-order valence-electron chi connectivity index (χ3n) is 3.97. The van der Waals surface area contributed by atoms with Gasteiger partial charge in [-0.15, -0.1) is 0 Å². The van der Waals surface area contributed by atoms with Crippen molar-refractivity contribution in [3.63, 3.8) is 0 Å². The summed E-state index contributed by atoms with van der Waals surface area (Å²) < 4.78 is 5.76. The van der Waals surface area contributed by atoms with E-state index in [-0.39, 0.29) is 18.6 Å². The van der Waals surface area contributed by atoms with Gasteiger partial charge in [-0.2, -0.15) is 0 Å². The van der Waals surface area contributed by atoms with Crippen molar-refractivity contribution < 1.29 is 9.53 Å². The SMILES string of the molecule is Cc1ccc([C@H](C)N)c(OCC(=O)N2CCCCCC2)c1. The van der Waals surface area contributed by atoms with Crippen LogP contribution in [0.15, 0.2) is 18.2 Å². The highest BCUT2D eigenvalue weighted by atomic mass is 16.5. The Morgan fingerprint density at radius 1 is 1.29 bits per heavy atom. The summed E-state index contributed by atoms with van der Waals surface area (Å²) in [5.74, 6) is 0.808. The lowest BCUT2D eigenvalue weighted by atomic mass is 10.1. The third-order valence-corrected chi connectivity index (χ3v) is 3.97. The Labute approximate surface area is 127 Å². The molecule has 1 saturated heterocycles. The summed E-state index contributed by atoms with van der Waals surface area (Å²) in [6, 6.07) is 5.84. The van der Waals surface area contributed by atoms with Crippen molar-refractivity contribution in [2.45, 2.75) is 45.6 Å². The molecule has 4 heteroatoms. The van der Waals surface area contributed by atoms with Gasteiger partial charge in [-0.25, -0.2) is 0 Å². The zero-order chi connectivity index (χ0) is 15.2. The summed E-state index contributed by atoms with van der Waals surface area (Å²) in [5, 5.41) is 0. The Balaban J connectivity index is 1.98. The zero-order valence-corrected chi connectivity index (χ0v) is 13.1. The molecule has 0 spiro atoms. The van der Waals surface area contributed by atoms with Crippen LogP contribution in [0.2, 0.25) is 0 Å². The van der Waals surface area contributed by atoms with E-state index >= 15 is 0 Å². The lowest BCUT2D eigenvalue weighted by Gasteiger charge is -2.21. The van der Waals surface area contributed by atoms with Crippen molar-refractivity contribution in [1.82, 2.24) is 4.90 Å². The summed E-state index contributed by atoms with van der Waals surface area (Å²) in [6.07, 6.45) is 4.64. The lowest BCUT2D eigenvalue weighted by Crippen LogP contribution is -2.35. The number of hydrogen-bond donors (Lipinski definition) is 1. The van der Waals surface area contributed by atoms with Gasteiger partial charge in [-0.3, -0.25) is 4.79 Å². The molecule has 1 aromatic rings. The predicted molar refractivity (Wildman–Crippen MR) is 84.3 cm³/mol. The summed E-state index contributed by atoms with van der Waals surface area (Å²) in [5.41, 5.74) is 8.02. The van der Waals surface area contributed by atoms with Gasteiger partial charge in [0.15, 0.2) is 6.61 Å². The van der Waals surface area contributed by atoms with Gasteiger partial charge in [0.2, 0.25) is 0 Å². The number of aryl methyl sites for hydroxylation is 1. The maximum atomic E-state index is 12.3. The summed E-state index contributed by atoms with van der Waals surface area (Å²) in [4.78, 5) is 14.2. The molecule has 0 radical (unpaired) electrons. The Kier molecular flexibility index (Phi) is 5.62. The molecule has 0 unspecified atom stereocenters. The number of carbonyl (C=O) groups excluding carboxylic acids is 1. The van der Waals surface area contributed by atoms with E-state index < -0.39 is 0 Å². The molecule has 1 aliphatic heterocycles.